The molecule has 0 bridgehead atoms. The van der Waals surface area contributed by atoms with E-state index in [9.17, 15) is 0 Å². The Bertz CT molecular complexity index is 471. The number of benzene rings is 1. The van der Waals surface area contributed by atoms with E-state index in [0.29, 0.717) is 0 Å². The smallest absolute Gasteiger partial charge is 0.119 e. The zero-order chi connectivity index (χ0) is 12.6. The second kappa shape index (κ2) is 6.64. The van der Waals surface area contributed by atoms with E-state index >= 15 is 0 Å². The van der Waals surface area contributed by atoms with Gasteiger partial charge >= 0.3 is 0 Å². The molecule has 0 amide bonds. The molecular formula is C15H18N2O. The number of hydrogen-bond donors (Lipinski definition) is 1. The van der Waals surface area contributed by atoms with Crippen molar-refractivity contribution in [1.82, 2.24) is 4.98 Å². The van der Waals surface area contributed by atoms with Gasteiger partial charge in [-0.3, -0.25) is 4.98 Å². The molecule has 0 fully saturated rings. The van der Waals surface area contributed by atoms with Gasteiger partial charge in [0.15, 0.2) is 0 Å². The summed E-state index contributed by atoms with van der Waals surface area (Å²) < 4.78 is 5.61. The molecule has 1 N–H and O–H groups in total. The maximum Gasteiger partial charge on any atom is 0.119 e. The van der Waals surface area contributed by atoms with Crippen molar-refractivity contribution in [3.05, 3.63) is 54.4 Å². The van der Waals surface area contributed by atoms with Gasteiger partial charge in [-0.1, -0.05) is 19.1 Å². The van der Waals surface area contributed by atoms with Crippen LogP contribution in [0.25, 0.3) is 0 Å². The molecule has 1 heterocycles. The first kappa shape index (κ1) is 12.4. The predicted molar refractivity (Wildman–Crippen MR) is 73.8 cm³/mol. The lowest BCUT2D eigenvalue weighted by atomic mass is 10.2. The normalized spacial score (nSPS) is 10.1. The molecule has 0 atom stereocenters. The van der Waals surface area contributed by atoms with Gasteiger partial charge < -0.3 is 10.1 Å². The molecular weight excluding hydrogens is 224 g/mol. The van der Waals surface area contributed by atoms with Gasteiger partial charge in [-0.05, 0) is 36.2 Å². The third-order valence-electron chi connectivity index (χ3n) is 2.53. The van der Waals surface area contributed by atoms with E-state index < -0.39 is 0 Å². The molecule has 2 aromatic rings. The number of rotatable bonds is 6. The molecule has 18 heavy (non-hydrogen) atoms. The summed E-state index contributed by atoms with van der Waals surface area (Å²) in [7, 11) is 0. The average Bonchev–Trinajstić information content (AvgIpc) is 2.44. The maximum atomic E-state index is 5.61. The molecule has 0 aliphatic heterocycles. The van der Waals surface area contributed by atoms with Crippen LogP contribution in [0.3, 0.4) is 0 Å². The largest absolute Gasteiger partial charge is 0.494 e. The molecule has 0 saturated heterocycles. The van der Waals surface area contributed by atoms with Crippen molar-refractivity contribution in [3.63, 3.8) is 0 Å². The fraction of sp³-hybridized carbons (Fsp3) is 0.267. The third-order valence-corrected chi connectivity index (χ3v) is 2.53. The molecule has 0 radical (unpaired) electrons. The zero-order valence-corrected chi connectivity index (χ0v) is 10.6. The van der Waals surface area contributed by atoms with Crippen LogP contribution >= 0.6 is 0 Å². The number of nitrogens with zero attached hydrogens (tertiary/aromatic N) is 1. The summed E-state index contributed by atoms with van der Waals surface area (Å²) >= 11 is 0. The standard InChI is InChI=1S/C15H18N2O/c1-2-9-18-15-7-3-5-13(10-15)11-17-14-6-4-8-16-12-14/h3-8,10,12,17H,2,9,11H2,1H3. The Morgan fingerprint density at radius 1 is 1.22 bits per heavy atom. The van der Waals surface area contributed by atoms with Gasteiger partial charge in [-0.2, -0.15) is 0 Å². The minimum absolute atomic E-state index is 0.763. The molecule has 2 rings (SSSR count). The first-order valence-corrected chi connectivity index (χ1v) is 6.24. The van der Waals surface area contributed by atoms with Crippen molar-refractivity contribution in [1.29, 1.82) is 0 Å². The zero-order valence-electron chi connectivity index (χ0n) is 10.6. The van der Waals surface area contributed by atoms with Crippen molar-refractivity contribution in [3.8, 4) is 5.75 Å². The van der Waals surface area contributed by atoms with Gasteiger partial charge in [0.05, 0.1) is 12.3 Å². The van der Waals surface area contributed by atoms with Gasteiger partial charge in [-0.25, -0.2) is 0 Å². The summed E-state index contributed by atoms with van der Waals surface area (Å²) in [5.74, 6) is 0.933. The Hall–Kier alpha value is -2.03. The summed E-state index contributed by atoms with van der Waals surface area (Å²) in [6.45, 7) is 3.64. The summed E-state index contributed by atoms with van der Waals surface area (Å²) in [5.41, 5.74) is 2.23. The summed E-state index contributed by atoms with van der Waals surface area (Å²) in [5, 5.41) is 3.33. The lowest BCUT2D eigenvalue weighted by Gasteiger charge is -2.08. The van der Waals surface area contributed by atoms with E-state index in [1.807, 2.05) is 30.5 Å². The minimum Gasteiger partial charge on any atom is -0.494 e. The Kier molecular flexibility index (Phi) is 4.59. The van der Waals surface area contributed by atoms with Gasteiger partial charge in [0, 0.05) is 18.9 Å². The number of nitrogens with one attached hydrogen (secondary N) is 1. The molecule has 3 heteroatoms. The molecule has 1 aromatic carbocycles. The van der Waals surface area contributed by atoms with Crippen LogP contribution in [0.4, 0.5) is 5.69 Å². The van der Waals surface area contributed by atoms with Crippen LogP contribution in [0.1, 0.15) is 18.9 Å². The van der Waals surface area contributed by atoms with Gasteiger partial charge in [0.25, 0.3) is 0 Å². The highest BCUT2D eigenvalue weighted by Gasteiger charge is 1.97. The van der Waals surface area contributed by atoms with Crippen LogP contribution in [0.15, 0.2) is 48.8 Å². The number of aromatic nitrogens is 1. The summed E-state index contributed by atoms with van der Waals surface area (Å²) in [4.78, 5) is 4.07. The lowest BCUT2D eigenvalue weighted by molar-refractivity contribution is 0.317. The molecule has 0 unspecified atom stereocenters. The van der Waals surface area contributed by atoms with Crippen LogP contribution in [-0.2, 0) is 6.54 Å². The Labute approximate surface area is 108 Å². The van der Waals surface area contributed by atoms with Gasteiger partial charge in [0.1, 0.15) is 5.75 Å². The third kappa shape index (κ3) is 3.77. The van der Waals surface area contributed by atoms with E-state index in [0.717, 1.165) is 31.0 Å². The summed E-state index contributed by atoms with van der Waals surface area (Å²) in [6, 6.07) is 12.1. The highest BCUT2D eigenvalue weighted by Crippen LogP contribution is 2.15. The molecule has 0 aliphatic rings. The first-order valence-electron chi connectivity index (χ1n) is 6.24. The van der Waals surface area contributed by atoms with Crippen molar-refractivity contribution >= 4 is 5.69 Å². The van der Waals surface area contributed by atoms with Crippen molar-refractivity contribution in [2.24, 2.45) is 0 Å². The Morgan fingerprint density at radius 3 is 2.94 bits per heavy atom. The molecule has 1 aromatic heterocycles. The number of ether oxygens (including phenoxy) is 1. The van der Waals surface area contributed by atoms with Crippen molar-refractivity contribution in [2.75, 3.05) is 11.9 Å². The van der Waals surface area contributed by atoms with Crippen LogP contribution in [-0.4, -0.2) is 11.6 Å². The van der Waals surface area contributed by atoms with Crippen LogP contribution < -0.4 is 10.1 Å². The van der Waals surface area contributed by atoms with E-state index in [1.165, 1.54) is 5.56 Å². The molecule has 0 saturated carbocycles. The summed E-state index contributed by atoms with van der Waals surface area (Å²) in [6.07, 6.45) is 4.61. The van der Waals surface area contributed by atoms with E-state index in [-0.39, 0.29) is 0 Å². The molecule has 3 nitrogen and oxygen atoms in total. The SMILES string of the molecule is CCCOc1cccc(CNc2cccnc2)c1. The van der Waals surface area contributed by atoms with E-state index in [1.54, 1.807) is 6.20 Å². The average molecular weight is 242 g/mol. The topological polar surface area (TPSA) is 34.1 Å². The molecule has 0 aliphatic carbocycles. The second-order valence-electron chi connectivity index (χ2n) is 4.09. The number of anilines is 1. The number of pyridine rings is 1. The fourth-order valence-electron chi connectivity index (χ4n) is 1.64. The quantitative estimate of drug-likeness (QED) is 0.842. The Morgan fingerprint density at radius 2 is 2.17 bits per heavy atom. The van der Waals surface area contributed by atoms with Crippen LogP contribution in [0, 0.1) is 0 Å². The van der Waals surface area contributed by atoms with Gasteiger partial charge in [-0.15, -0.1) is 0 Å². The van der Waals surface area contributed by atoms with Gasteiger partial charge in [0.2, 0.25) is 0 Å². The van der Waals surface area contributed by atoms with Crippen LogP contribution in [0.2, 0.25) is 0 Å². The predicted octanol–water partition coefficient (Wildman–Crippen LogP) is 3.48. The first-order chi connectivity index (χ1) is 8.88. The lowest BCUT2D eigenvalue weighted by Crippen LogP contribution is -2.00. The monoisotopic (exact) mass is 242 g/mol. The minimum atomic E-state index is 0.763. The van der Waals surface area contributed by atoms with Crippen molar-refractivity contribution in [2.45, 2.75) is 19.9 Å². The van der Waals surface area contributed by atoms with Crippen molar-refractivity contribution < 1.29 is 4.74 Å². The molecule has 94 valence electrons. The fourth-order valence-corrected chi connectivity index (χ4v) is 1.64. The van der Waals surface area contributed by atoms with Crippen LogP contribution in [0.5, 0.6) is 5.75 Å². The highest BCUT2D eigenvalue weighted by molar-refractivity contribution is 5.41. The van der Waals surface area contributed by atoms with E-state index in [2.05, 4.69) is 29.4 Å². The number of hydrogen-bond acceptors (Lipinski definition) is 3. The second-order valence-corrected chi connectivity index (χ2v) is 4.09. The highest BCUT2D eigenvalue weighted by atomic mass is 16.5. The molecule has 0 spiro atoms. The van der Waals surface area contributed by atoms with E-state index in [4.69, 9.17) is 4.74 Å². The maximum absolute atomic E-state index is 5.61. The Balaban J connectivity index is 1.93.